The average Bonchev–Trinajstić information content (AvgIpc) is 3.75. The maximum absolute atomic E-state index is 16.3. The molecule has 0 aliphatic carbocycles. The normalized spacial score (nSPS) is 21.5. The van der Waals surface area contributed by atoms with Gasteiger partial charge < -0.3 is 15.4 Å². The third-order valence-electron chi connectivity index (χ3n) is 12.9. The smallest absolute Gasteiger partial charge is 0.262 e. The number of nitrogens with one attached hydrogen (secondary N) is 1. The molecule has 1 unspecified atom stereocenters. The largest absolute Gasteiger partial charge is 0.457 e. The number of aromatic nitrogens is 4. The van der Waals surface area contributed by atoms with Crippen LogP contribution in [0, 0.1) is 5.82 Å². The van der Waals surface area contributed by atoms with Crippen LogP contribution in [0.5, 0.6) is 11.5 Å². The molecular weight excluding hydrogens is 787 g/mol. The zero-order valence-electron chi connectivity index (χ0n) is 33.3. The van der Waals surface area contributed by atoms with Crippen molar-refractivity contribution in [1.29, 1.82) is 0 Å². The number of rotatable bonds is 9. The molecule has 4 amide bonds. The van der Waals surface area contributed by atoms with Gasteiger partial charge in [-0.1, -0.05) is 18.2 Å². The maximum Gasteiger partial charge on any atom is 0.262 e. The standard InChI is InChI=1S/C44H44F2N10O5/c45-33-20-31-32(43(60)55(42(31)59)34-10-11-36(57)50-41(34)58)21-35(33)54-18-14-44(46,15-19-54)24-52-22-28(23-52)53-16-12-27(13-17-53)56-40-37(39(47)48-25-49-40)38(51-56)26-6-8-30(9-7-26)61-29-4-2-1-3-5-29/h1-9,20-21,25,27-28,34H,10-19,22-24H2,(H2,47,48,49)(H,50,57,58). The van der Waals surface area contributed by atoms with Crippen LogP contribution >= 0.6 is 0 Å². The third-order valence-corrected chi connectivity index (χ3v) is 12.9. The second kappa shape index (κ2) is 15.3. The van der Waals surface area contributed by atoms with Crippen LogP contribution in [0.1, 0.15) is 65.3 Å². The molecule has 15 nitrogen and oxygen atoms in total. The second-order valence-corrected chi connectivity index (χ2v) is 16.7. The number of benzene rings is 3. The van der Waals surface area contributed by atoms with E-state index in [-0.39, 0.29) is 68.2 Å². The molecule has 1 atom stereocenters. The number of hydrogen-bond acceptors (Lipinski definition) is 12. The summed E-state index contributed by atoms with van der Waals surface area (Å²) in [5, 5.41) is 7.96. The topological polar surface area (TPSA) is 172 Å². The van der Waals surface area contributed by atoms with E-state index in [1.807, 2.05) is 59.3 Å². The first kappa shape index (κ1) is 38.8. The summed E-state index contributed by atoms with van der Waals surface area (Å²) < 4.78 is 39.8. The SMILES string of the molecule is Nc1ncnc2c1c(-c1ccc(Oc3ccccc3)cc1)nn2C1CCN(C2CN(CC3(F)CCN(c4cc5c(cc4F)C(=O)N(C4CCC(=O)NC4=O)C5=O)CC3)C2)CC1. The zero-order chi connectivity index (χ0) is 42.0. The number of piperidine rings is 3. The molecule has 5 aromatic rings. The van der Waals surface area contributed by atoms with Gasteiger partial charge in [0.05, 0.1) is 28.2 Å². The highest BCUT2D eigenvalue weighted by Gasteiger charge is 2.46. The molecule has 3 N–H and O–H groups in total. The van der Waals surface area contributed by atoms with Crippen molar-refractivity contribution in [1.82, 2.24) is 39.8 Å². The lowest BCUT2D eigenvalue weighted by atomic mass is 9.90. The van der Waals surface area contributed by atoms with Crippen LogP contribution in [0.2, 0.25) is 0 Å². The minimum absolute atomic E-state index is 0.00305. The third kappa shape index (κ3) is 7.14. The Morgan fingerprint density at radius 1 is 0.836 bits per heavy atom. The number of anilines is 2. The molecule has 4 fully saturated rings. The van der Waals surface area contributed by atoms with Crippen LogP contribution in [-0.4, -0.2) is 122 Å². The second-order valence-electron chi connectivity index (χ2n) is 16.7. The van der Waals surface area contributed by atoms with E-state index in [0.29, 0.717) is 23.3 Å². The van der Waals surface area contributed by atoms with Crippen LogP contribution < -0.4 is 20.7 Å². The first-order valence-corrected chi connectivity index (χ1v) is 20.8. The first-order valence-electron chi connectivity index (χ1n) is 20.8. The fourth-order valence-electron chi connectivity index (χ4n) is 9.58. The minimum Gasteiger partial charge on any atom is -0.457 e. The van der Waals surface area contributed by atoms with Gasteiger partial charge in [0, 0.05) is 76.7 Å². The van der Waals surface area contributed by atoms with Gasteiger partial charge in [0.25, 0.3) is 11.8 Å². The van der Waals surface area contributed by atoms with Gasteiger partial charge in [-0.3, -0.25) is 39.2 Å². The Kier molecular flexibility index (Phi) is 9.74. The Balaban J connectivity index is 0.729. The van der Waals surface area contributed by atoms with E-state index in [2.05, 4.69) is 25.1 Å². The molecule has 4 saturated heterocycles. The molecule has 314 valence electrons. The van der Waals surface area contributed by atoms with E-state index in [1.165, 1.54) is 12.4 Å². The molecule has 0 spiro atoms. The number of fused-ring (bicyclic) bond motifs is 2. The summed E-state index contributed by atoms with van der Waals surface area (Å²) in [6, 6.07) is 19.0. The molecule has 0 saturated carbocycles. The van der Waals surface area contributed by atoms with Gasteiger partial charge in [0.2, 0.25) is 11.8 Å². The number of alkyl halides is 1. The number of carbonyl (C=O) groups excluding carboxylic acids is 4. The maximum atomic E-state index is 16.3. The number of nitrogen functional groups attached to an aromatic ring is 1. The molecule has 2 aromatic heterocycles. The van der Waals surface area contributed by atoms with E-state index >= 15 is 8.78 Å². The van der Waals surface area contributed by atoms with Gasteiger partial charge in [-0.05, 0) is 67.8 Å². The lowest BCUT2D eigenvalue weighted by molar-refractivity contribution is -0.136. The Morgan fingerprint density at radius 2 is 1.52 bits per heavy atom. The van der Waals surface area contributed by atoms with Crippen molar-refractivity contribution in [2.75, 3.05) is 56.4 Å². The minimum atomic E-state index is -1.45. The Labute approximate surface area is 349 Å². The Bertz CT molecular complexity index is 2550. The van der Waals surface area contributed by atoms with Gasteiger partial charge in [-0.15, -0.1) is 0 Å². The highest BCUT2D eigenvalue weighted by atomic mass is 19.1. The van der Waals surface area contributed by atoms with Crippen molar-refractivity contribution in [3.05, 3.63) is 90.0 Å². The number of likely N-dealkylation sites (tertiary alicyclic amines) is 2. The van der Waals surface area contributed by atoms with Gasteiger partial charge in [-0.25, -0.2) is 23.4 Å². The monoisotopic (exact) mass is 830 g/mol. The Hall–Kier alpha value is -6.33. The summed E-state index contributed by atoms with van der Waals surface area (Å²) >= 11 is 0. The van der Waals surface area contributed by atoms with Crippen LogP contribution in [-0.2, 0) is 9.59 Å². The number of carbonyl (C=O) groups is 4. The lowest BCUT2D eigenvalue weighted by Crippen LogP contribution is -2.63. The van der Waals surface area contributed by atoms with Crippen LogP contribution in [0.25, 0.3) is 22.3 Å². The van der Waals surface area contributed by atoms with Crippen molar-refractivity contribution in [2.24, 2.45) is 0 Å². The number of halogens is 2. The Morgan fingerprint density at radius 3 is 2.23 bits per heavy atom. The molecule has 0 bridgehead atoms. The van der Waals surface area contributed by atoms with Crippen molar-refractivity contribution in [3.8, 4) is 22.8 Å². The number of para-hydroxylation sites is 1. The number of nitrogens with two attached hydrogens (primary N) is 1. The fourth-order valence-corrected chi connectivity index (χ4v) is 9.58. The number of hydrogen-bond donors (Lipinski definition) is 2. The number of imide groups is 2. The van der Waals surface area contributed by atoms with Crippen LogP contribution in [0.4, 0.5) is 20.3 Å². The lowest BCUT2D eigenvalue weighted by Gasteiger charge is -2.50. The van der Waals surface area contributed by atoms with Crippen molar-refractivity contribution in [2.45, 2.75) is 62.3 Å². The highest BCUT2D eigenvalue weighted by molar-refractivity contribution is 6.23. The summed E-state index contributed by atoms with van der Waals surface area (Å²) in [6.07, 6.45) is 3.59. The van der Waals surface area contributed by atoms with E-state index in [4.69, 9.17) is 15.6 Å². The van der Waals surface area contributed by atoms with Gasteiger partial charge in [0.15, 0.2) is 5.65 Å². The fraction of sp³-hybridized carbons (Fsp3) is 0.386. The average molecular weight is 831 g/mol. The van der Waals surface area contributed by atoms with Gasteiger partial charge in [0.1, 0.15) is 46.9 Å². The van der Waals surface area contributed by atoms with E-state index in [1.54, 1.807) is 4.90 Å². The molecular formula is C44H44F2N10O5. The molecule has 5 aliphatic heterocycles. The number of ether oxygens (including phenoxy) is 1. The quantitative estimate of drug-likeness (QED) is 0.196. The van der Waals surface area contributed by atoms with Crippen molar-refractivity contribution < 1.29 is 32.7 Å². The molecule has 17 heteroatoms. The van der Waals surface area contributed by atoms with E-state index < -0.39 is 41.2 Å². The molecule has 10 rings (SSSR count). The zero-order valence-corrected chi connectivity index (χ0v) is 33.3. The number of amides is 4. The van der Waals surface area contributed by atoms with Crippen molar-refractivity contribution in [3.63, 3.8) is 0 Å². The predicted octanol–water partition coefficient (Wildman–Crippen LogP) is 4.74. The summed E-state index contributed by atoms with van der Waals surface area (Å²) in [4.78, 5) is 66.6. The van der Waals surface area contributed by atoms with Gasteiger partial charge >= 0.3 is 0 Å². The van der Waals surface area contributed by atoms with Crippen LogP contribution in [0.3, 0.4) is 0 Å². The molecule has 3 aromatic carbocycles. The molecule has 0 radical (unpaired) electrons. The molecule has 5 aliphatic rings. The molecule has 61 heavy (non-hydrogen) atoms. The first-order chi connectivity index (χ1) is 29.5. The number of nitrogens with zero attached hydrogens (tertiary/aromatic N) is 8. The van der Waals surface area contributed by atoms with Gasteiger partial charge in [-0.2, -0.15) is 5.10 Å². The summed E-state index contributed by atoms with van der Waals surface area (Å²) in [7, 11) is 0. The highest BCUT2D eigenvalue weighted by Crippen LogP contribution is 2.39. The predicted molar refractivity (Wildman–Crippen MR) is 220 cm³/mol. The summed E-state index contributed by atoms with van der Waals surface area (Å²) in [5.74, 6) is -1.53. The van der Waals surface area contributed by atoms with E-state index in [0.717, 1.165) is 72.4 Å². The summed E-state index contributed by atoms with van der Waals surface area (Å²) in [6.45, 7) is 4.04. The van der Waals surface area contributed by atoms with E-state index in [9.17, 15) is 19.2 Å². The molecule has 7 heterocycles. The van der Waals surface area contributed by atoms with Crippen LogP contribution in [0.15, 0.2) is 73.1 Å². The summed E-state index contributed by atoms with van der Waals surface area (Å²) in [5.41, 5.74) is 7.28. The van der Waals surface area contributed by atoms with Crippen molar-refractivity contribution >= 4 is 46.2 Å².